The Balaban J connectivity index is 2.31. The SMILES string of the molecule is CCC(CC(C(=O)O)C(=O)O)c1noc(C=NO)c1C1CC1. The second-order valence-corrected chi connectivity index (χ2v) is 5.43. The van der Waals surface area contributed by atoms with Crippen LogP contribution in [-0.4, -0.2) is 38.7 Å². The van der Waals surface area contributed by atoms with Crippen LogP contribution < -0.4 is 0 Å². The van der Waals surface area contributed by atoms with Gasteiger partial charge in [0.1, 0.15) is 6.21 Å². The molecule has 1 unspecified atom stereocenters. The van der Waals surface area contributed by atoms with Gasteiger partial charge in [0.2, 0.25) is 0 Å². The van der Waals surface area contributed by atoms with Crippen LogP contribution in [0.3, 0.4) is 0 Å². The molecule has 22 heavy (non-hydrogen) atoms. The minimum atomic E-state index is -1.48. The summed E-state index contributed by atoms with van der Waals surface area (Å²) in [6.45, 7) is 1.84. The van der Waals surface area contributed by atoms with Crippen LogP contribution in [0.25, 0.3) is 0 Å². The molecule has 1 heterocycles. The number of hydrogen-bond donors (Lipinski definition) is 3. The van der Waals surface area contributed by atoms with Crippen molar-refractivity contribution in [3.63, 3.8) is 0 Å². The van der Waals surface area contributed by atoms with Crippen LogP contribution >= 0.6 is 0 Å². The first-order valence-corrected chi connectivity index (χ1v) is 7.12. The molecule has 120 valence electrons. The van der Waals surface area contributed by atoms with Crippen LogP contribution in [0.2, 0.25) is 0 Å². The lowest BCUT2D eigenvalue weighted by atomic mass is 9.87. The van der Waals surface area contributed by atoms with Crippen LogP contribution in [-0.2, 0) is 9.59 Å². The zero-order chi connectivity index (χ0) is 16.3. The minimum absolute atomic E-state index is 0.0525. The molecule has 1 aromatic rings. The Kier molecular flexibility index (Phi) is 4.79. The molecule has 8 nitrogen and oxygen atoms in total. The fraction of sp³-hybridized carbons (Fsp3) is 0.571. The highest BCUT2D eigenvalue weighted by molar-refractivity contribution is 5.92. The quantitative estimate of drug-likeness (QED) is 0.289. The lowest BCUT2D eigenvalue weighted by Crippen LogP contribution is -2.25. The van der Waals surface area contributed by atoms with Crippen molar-refractivity contribution in [2.24, 2.45) is 11.1 Å². The maximum atomic E-state index is 11.1. The average Bonchev–Trinajstić information content (AvgIpc) is 3.21. The zero-order valence-electron chi connectivity index (χ0n) is 12.1. The molecule has 0 amide bonds. The number of carbonyl (C=O) groups is 2. The number of carboxylic acids is 2. The van der Waals surface area contributed by atoms with E-state index in [4.69, 9.17) is 19.9 Å². The van der Waals surface area contributed by atoms with Crippen molar-refractivity contribution in [3.8, 4) is 0 Å². The van der Waals surface area contributed by atoms with Crippen LogP contribution in [0, 0.1) is 5.92 Å². The molecule has 0 aromatic carbocycles. The van der Waals surface area contributed by atoms with Gasteiger partial charge in [-0.2, -0.15) is 0 Å². The van der Waals surface area contributed by atoms with Crippen molar-refractivity contribution in [1.82, 2.24) is 5.16 Å². The van der Waals surface area contributed by atoms with Crippen molar-refractivity contribution >= 4 is 18.2 Å². The maximum absolute atomic E-state index is 11.1. The summed E-state index contributed by atoms with van der Waals surface area (Å²) in [5.41, 5.74) is 1.38. The van der Waals surface area contributed by atoms with Gasteiger partial charge < -0.3 is 19.9 Å². The van der Waals surface area contributed by atoms with E-state index in [2.05, 4.69) is 10.3 Å². The van der Waals surface area contributed by atoms with E-state index in [0.717, 1.165) is 24.6 Å². The molecule has 1 fully saturated rings. The number of hydrogen-bond acceptors (Lipinski definition) is 6. The third-order valence-electron chi connectivity index (χ3n) is 3.94. The molecule has 1 atom stereocenters. The van der Waals surface area contributed by atoms with Gasteiger partial charge in [0.25, 0.3) is 0 Å². The third kappa shape index (κ3) is 3.26. The number of carboxylic acid groups (broad SMARTS) is 2. The minimum Gasteiger partial charge on any atom is -0.481 e. The second kappa shape index (κ2) is 6.59. The molecule has 8 heteroatoms. The van der Waals surface area contributed by atoms with Crippen molar-refractivity contribution in [1.29, 1.82) is 0 Å². The highest BCUT2D eigenvalue weighted by Gasteiger charge is 2.37. The van der Waals surface area contributed by atoms with E-state index in [9.17, 15) is 9.59 Å². The molecular weight excluding hydrogens is 292 g/mol. The van der Waals surface area contributed by atoms with E-state index >= 15 is 0 Å². The summed E-state index contributed by atoms with van der Waals surface area (Å²) in [6.07, 6.45) is 3.56. The first-order valence-electron chi connectivity index (χ1n) is 7.12. The first kappa shape index (κ1) is 16.0. The van der Waals surface area contributed by atoms with Crippen molar-refractivity contribution in [2.45, 2.75) is 44.4 Å². The van der Waals surface area contributed by atoms with Crippen LogP contribution in [0.5, 0.6) is 0 Å². The number of nitrogens with zero attached hydrogens (tertiary/aromatic N) is 2. The summed E-state index contributed by atoms with van der Waals surface area (Å²) in [5, 5.41) is 33.7. The Hall–Kier alpha value is -2.38. The van der Waals surface area contributed by atoms with Crippen molar-refractivity contribution < 1.29 is 29.5 Å². The van der Waals surface area contributed by atoms with E-state index < -0.39 is 17.9 Å². The molecule has 1 aliphatic carbocycles. The van der Waals surface area contributed by atoms with E-state index in [1.165, 1.54) is 0 Å². The van der Waals surface area contributed by atoms with Gasteiger partial charge >= 0.3 is 11.9 Å². The predicted octanol–water partition coefficient (Wildman–Crippen LogP) is 2.03. The highest BCUT2D eigenvalue weighted by Crippen LogP contribution is 2.46. The second-order valence-electron chi connectivity index (χ2n) is 5.43. The van der Waals surface area contributed by atoms with E-state index in [0.29, 0.717) is 17.9 Å². The molecular formula is C14H18N2O6. The predicted molar refractivity (Wildman–Crippen MR) is 74.3 cm³/mol. The highest BCUT2D eigenvalue weighted by atomic mass is 16.5. The number of aromatic nitrogens is 1. The summed E-state index contributed by atoms with van der Waals surface area (Å²) in [4.78, 5) is 22.2. The van der Waals surface area contributed by atoms with Gasteiger partial charge in [-0.1, -0.05) is 17.2 Å². The van der Waals surface area contributed by atoms with Gasteiger partial charge in [-0.3, -0.25) is 9.59 Å². The van der Waals surface area contributed by atoms with E-state index in [1.54, 1.807) is 0 Å². The Bertz CT molecular complexity index is 576. The van der Waals surface area contributed by atoms with Crippen molar-refractivity contribution in [3.05, 3.63) is 17.0 Å². The van der Waals surface area contributed by atoms with Gasteiger partial charge in [0, 0.05) is 11.5 Å². The third-order valence-corrected chi connectivity index (χ3v) is 3.94. The molecule has 2 rings (SSSR count). The molecule has 1 saturated carbocycles. The average molecular weight is 310 g/mol. The molecule has 0 aliphatic heterocycles. The van der Waals surface area contributed by atoms with Crippen LogP contribution in [0.1, 0.15) is 61.5 Å². The Morgan fingerprint density at radius 2 is 2.05 bits per heavy atom. The Labute approximate surface area is 126 Å². The van der Waals surface area contributed by atoms with Gasteiger partial charge in [0.05, 0.1) is 5.69 Å². The van der Waals surface area contributed by atoms with Crippen LogP contribution in [0.4, 0.5) is 0 Å². The zero-order valence-corrected chi connectivity index (χ0v) is 12.1. The molecule has 1 aromatic heterocycles. The molecule has 0 saturated heterocycles. The topological polar surface area (TPSA) is 133 Å². The molecule has 1 aliphatic rings. The smallest absolute Gasteiger partial charge is 0.317 e. The van der Waals surface area contributed by atoms with Gasteiger partial charge in [-0.15, -0.1) is 0 Å². The maximum Gasteiger partial charge on any atom is 0.317 e. The summed E-state index contributed by atoms with van der Waals surface area (Å²) < 4.78 is 5.17. The molecule has 0 spiro atoms. The van der Waals surface area contributed by atoms with Crippen molar-refractivity contribution in [2.75, 3.05) is 0 Å². The number of aliphatic carboxylic acids is 2. The van der Waals surface area contributed by atoms with Gasteiger partial charge in [0.15, 0.2) is 11.7 Å². The summed E-state index contributed by atoms with van der Waals surface area (Å²) in [7, 11) is 0. The Morgan fingerprint density at radius 3 is 2.50 bits per heavy atom. The fourth-order valence-corrected chi connectivity index (χ4v) is 2.61. The summed E-state index contributed by atoms with van der Waals surface area (Å²) >= 11 is 0. The molecule has 0 radical (unpaired) electrons. The first-order chi connectivity index (χ1) is 10.5. The van der Waals surface area contributed by atoms with Gasteiger partial charge in [-0.25, -0.2) is 0 Å². The Morgan fingerprint density at radius 1 is 1.41 bits per heavy atom. The monoisotopic (exact) mass is 310 g/mol. The largest absolute Gasteiger partial charge is 0.481 e. The van der Waals surface area contributed by atoms with E-state index in [1.807, 2.05) is 6.92 Å². The molecule has 3 N–H and O–H groups in total. The standard InChI is InChI=1S/C14H18N2O6/c1-2-7(5-9(13(17)18)14(19)20)12-11(8-3-4-8)10(6-15-21)22-16-12/h6-9,21H,2-5H2,1H3,(H,17,18)(H,19,20). The lowest BCUT2D eigenvalue weighted by molar-refractivity contribution is -0.155. The lowest BCUT2D eigenvalue weighted by Gasteiger charge is -2.16. The fourth-order valence-electron chi connectivity index (χ4n) is 2.61. The molecule has 0 bridgehead atoms. The summed E-state index contributed by atoms with van der Waals surface area (Å²) in [6, 6.07) is 0. The van der Waals surface area contributed by atoms with Gasteiger partial charge in [-0.05, 0) is 31.6 Å². The number of rotatable bonds is 8. The summed E-state index contributed by atoms with van der Waals surface area (Å²) in [5.74, 6) is -3.95. The number of oxime groups is 1. The normalized spacial score (nSPS) is 16.3. The van der Waals surface area contributed by atoms with Crippen LogP contribution in [0.15, 0.2) is 9.68 Å². The van der Waals surface area contributed by atoms with E-state index in [-0.39, 0.29) is 18.3 Å².